The number of hydrogen-bond acceptors (Lipinski definition) is 3. The van der Waals surface area contributed by atoms with E-state index in [-0.39, 0.29) is 0 Å². The van der Waals surface area contributed by atoms with Gasteiger partial charge in [-0.05, 0) is 54.1 Å². The number of fused-ring (bicyclic) bond motifs is 6. The first-order valence-corrected chi connectivity index (χ1v) is 17.9. The molecule has 7 aromatic carbocycles. The van der Waals surface area contributed by atoms with Crippen LogP contribution in [0.1, 0.15) is 11.1 Å². The second kappa shape index (κ2) is 12.5. The maximum absolute atomic E-state index is 11.0. The van der Waals surface area contributed by atoms with E-state index in [1.807, 2.05) is 78.9 Å². The van der Waals surface area contributed by atoms with E-state index < -0.39 is 0 Å². The molecule has 0 unspecified atom stereocenters. The standard InChI is InChI=1S/C49H29N5/c50-30-40-46(32-16-5-1-6-17-32)41(31-51)49(52-48(40)33-18-7-2-8-19-33)37-25-15-27-43-47(37)39-28-38-36-24-13-14-26-42(36)53(34-20-9-3-10-21-34)44(38)29-45(39)54(43)35-22-11-4-12-23-35/h1-29H. The van der Waals surface area contributed by atoms with Gasteiger partial charge in [0.05, 0.1) is 44.6 Å². The minimum atomic E-state index is 0.368. The van der Waals surface area contributed by atoms with Gasteiger partial charge in [-0.1, -0.05) is 127 Å². The molecule has 250 valence electrons. The van der Waals surface area contributed by atoms with Crippen molar-refractivity contribution < 1.29 is 0 Å². The summed E-state index contributed by atoms with van der Waals surface area (Å²) < 4.78 is 4.65. The highest BCUT2D eigenvalue weighted by atomic mass is 15.0. The number of benzene rings is 7. The average Bonchev–Trinajstić information content (AvgIpc) is 3.75. The van der Waals surface area contributed by atoms with E-state index in [1.165, 1.54) is 0 Å². The molecule has 0 fully saturated rings. The van der Waals surface area contributed by atoms with E-state index in [0.29, 0.717) is 28.1 Å². The third-order valence-corrected chi connectivity index (χ3v) is 10.4. The highest BCUT2D eigenvalue weighted by molar-refractivity contribution is 6.22. The van der Waals surface area contributed by atoms with E-state index >= 15 is 0 Å². The molecule has 5 nitrogen and oxygen atoms in total. The molecule has 3 aromatic heterocycles. The van der Waals surface area contributed by atoms with Gasteiger partial charge in [0.15, 0.2) is 0 Å². The maximum atomic E-state index is 11.0. The van der Waals surface area contributed by atoms with Crippen LogP contribution in [0.3, 0.4) is 0 Å². The molecule has 5 heteroatoms. The lowest BCUT2D eigenvalue weighted by atomic mass is 9.89. The largest absolute Gasteiger partial charge is 0.309 e. The van der Waals surface area contributed by atoms with Crippen LogP contribution in [-0.2, 0) is 0 Å². The number of rotatable bonds is 5. The Hall–Kier alpha value is -7.73. The topological polar surface area (TPSA) is 70.3 Å². The Morgan fingerprint density at radius 3 is 1.57 bits per heavy atom. The molecular formula is C49H29N5. The molecule has 0 radical (unpaired) electrons. The Labute approximate surface area is 311 Å². The molecule has 0 amide bonds. The lowest BCUT2D eigenvalue weighted by molar-refractivity contribution is 1.16. The van der Waals surface area contributed by atoms with Gasteiger partial charge in [0.25, 0.3) is 0 Å². The summed E-state index contributed by atoms with van der Waals surface area (Å²) in [6, 6.07) is 64.8. The second-order valence-electron chi connectivity index (χ2n) is 13.3. The number of hydrogen-bond donors (Lipinski definition) is 0. The van der Waals surface area contributed by atoms with Crippen LogP contribution in [0, 0.1) is 22.7 Å². The summed E-state index contributed by atoms with van der Waals surface area (Å²) in [5.41, 5.74) is 11.2. The van der Waals surface area contributed by atoms with Gasteiger partial charge < -0.3 is 9.13 Å². The van der Waals surface area contributed by atoms with Crippen LogP contribution in [0.2, 0.25) is 0 Å². The maximum Gasteiger partial charge on any atom is 0.102 e. The predicted molar refractivity (Wildman–Crippen MR) is 219 cm³/mol. The number of aromatic nitrogens is 3. The minimum Gasteiger partial charge on any atom is -0.309 e. The summed E-state index contributed by atoms with van der Waals surface area (Å²) in [7, 11) is 0. The van der Waals surface area contributed by atoms with Gasteiger partial charge in [-0.3, -0.25) is 0 Å². The van der Waals surface area contributed by atoms with Crippen molar-refractivity contribution >= 4 is 43.6 Å². The minimum absolute atomic E-state index is 0.368. The van der Waals surface area contributed by atoms with Crippen LogP contribution in [0.15, 0.2) is 176 Å². The monoisotopic (exact) mass is 687 g/mol. The molecule has 0 spiro atoms. The Kier molecular flexibility index (Phi) is 7.18. The van der Waals surface area contributed by atoms with Crippen molar-refractivity contribution in [1.82, 2.24) is 14.1 Å². The molecule has 0 saturated carbocycles. The number of pyridine rings is 1. The molecule has 10 aromatic rings. The van der Waals surface area contributed by atoms with Crippen molar-refractivity contribution in [3.8, 4) is 57.2 Å². The third-order valence-electron chi connectivity index (χ3n) is 10.4. The zero-order chi connectivity index (χ0) is 36.2. The molecule has 54 heavy (non-hydrogen) atoms. The number of para-hydroxylation sites is 3. The van der Waals surface area contributed by atoms with Crippen molar-refractivity contribution in [3.63, 3.8) is 0 Å². The Morgan fingerprint density at radius 1 is 0.407 bits per heavy atom. The van der Waals surface area contributed by atoms with Gasteiger partial charge in [-0.2, -0.15) is 10.5 Å². The van der Waals surface area contributed by atoms with Crippen LogP contribution < -0.4 is 0 Å². The fourth-order valence-electron chi connectivity index (χ4n) is 8.13. The first-order valence-electron chi connectivity index (χ1n) is 17.9. The lowest BCUT2D eigenvalue weighted by Gasteiger charge is -2.16. The van der Waals surface area contributed by atoms with E-state index in [9.17, 15) is 10.5 Å². The summed E-state index contributed by atoms with van der Waals surface area (Å²) in [6.07, 6.45) is 0. The zero-order valence-electron chi connectivity index (χ0n) is 29.0. The fraction of sp³-hybridized carbons (Fsp3) is 0. The van der Waals surface area contributed by atoms with E-state index in [2.05, 4.69) is 118 Å². The Balaban J connectivity index is 1.39. The molecule has 0 N–H and O–H groups in total. The molecule has 0 aliphatic carbocycles. The van der Waals surface area contributed by atoms with Gasteiger partial charge in [-0.15, -0.1) is 0 Å². The molecule has 10 rings (SSSR count). The van der Waals surface area contributed by atoms with Crippen molar-refractivity contribution in [2.24, 2.45) is 0 Å². The quantitative estimate of drug-likeness (QED) is 0.181. The number of nitrogens with zero attached hydrogens (tertiary/aromatic N) is 5. The van der Waals surface area contributed by atoms with E-state index in [1.54, 1.807) is 0 Å². The second-order valence-corrected chi connectivity index (χ2v) is 13.3. The van der Waals surface area contributed by atoms with Gasteiger partial charge in [0.2, 0.25) is 0 Å². The summed E-state index contributed by atoms with van der Waals surface area (Å²) >= 11 is 0. The van der Waals surface area contributed by atoms with Crippen molar-refractivity contribution in [1.29, 1.82) is 10.5 Å². The summed E-state index contributed by atoms with van der Waals surface area (Å²) in [5.74, 6) is 0. The Bertz CT molecular complexity index is 3150. The first kappa shape index (κ1) is 31.0. The molecular weight excluding hydrogens is 659 g/mol. The van der Waals surface area contributed by atoms with E-state index in [4.69, 9.17) is 4.98 Å². The smallest absolute Gasteiger partial charge is 0.102 e. The van der Waals surface area contributed by atoms with Crippen molar-refractivity contribution in [2.75, 3.05) is 0 Å². The van der Waals surface area contributed by atoms with Gasteiger partial charge in [0, 0.05) is 49.6 Å². The van der Waals surface area contributed by atoms with Crippen LogP contribution in [0.5, 0.6) is 0 Å². The van der Waals surface area contributed by atoms with E-state index in [0.717, 1.165) is 71.7 Å². The normalized spacial score (nSPS) is 11.3. The van der Waals surface area contributed by atoms with Gasteiger partial charge in [0.1, 0.15) is 12.1 Å². The summed E-state index contributed by atoms with van der Waals surface area (Å²) in [6.45, 7) is 0. The summed E-state index contributed by atoms with van der Waals surface area (Å²) in [4.78, 5) is 5.28. The van der Waals surface area contributed by atoms with Crippen LogP contribution >= 0.6 is 0 Å². The third kappa shape index (κ3) is 4.67. The summed E-state index contributed by atoms with van der Waals surface area (Å²) in [5, 5.41) is 26.1. The van der Waals surface area contributed by atoms with Gasteiger partial charge >= 0.3 is 0 Å². The average molecular weight is 688 g/mol. The SMILES string of the molecule is N#Cc1c(-c2ccccc2)nc(-c2cccc3c2c2cc4c5ccccc5n(-c5ccccc5)c4cc2n3-c2ccccc2)c(C#N)c1-c1ccccc1. The molecule has 0 saturated heterocycles. The highest BCUT2D eigenvalue weighted by Gasteiger charge is 2.26. The molecule has 0 atom stereocenters. The Morgan fingerprint density at radius 2 is 0.926 bits per heavy atom. The molecule has 3 heterocycles. The fourth-order valence-corrected chi connectivity index (χ4v) is 8.13. The van der Waals surface area contributed by atoms with Crippen LogP contribution in [-0.4, -0.2) is 14.1 Å². The van der Waals surface area contributed by atoms with Crippen LogP contribution in [0.25, 0.3) is 88.6 Å². The van der Waals surface area contributed by atoms with Gasteiger partial charge in [-0.25, -0.2) is 4.98 Å². The van der Waals surface area contributed by atoms with Crippen LogP contribution in [0.4, 0.5) is 0 Å². The van der Waals surface area contributed by atoms with Crippen molar-refractivity contribution in [2.45, 2.75) is 0 Å². The highest BCUT2D eigenvalue weighted by Crippen LogP contribution is 2.45. The molecule has 0 aliphatic heterocycles. The molecule has 0 aliphatic rings. The van der Waals surface area contributed by atoms with Crippen molar-refractivity contribution in [3.05, 3.63) is 187 Å². The first-order chi connectivity index (χ1) is 26.7. The lowest BCUT2D eigenvalue weighted by Crippen LogP contribution is -2.02. The number of nitriles is 2. The molecule has 0 bridgehead atoms. The zero-order valence-corrected chi connectivity index (χ0v) is 29.0. The predicted octanol–water partition coefficient (Wildman–Crippen LogP) is 12.0.